The van der Waals surface area contributed by atoms with Gasteiger partial charge in [0.25, 0.3) is 0 Å². The number of nitrogens with zero attached hydrogens (tertiary/aromatic N) is 2. The van der Waals surface area contributed by atoms with Crippen molar-refractivity contribution in [1.82, 2.24) is 14.8 Å². The number of para-hydroxylation sites is 1. The summed E-state index contributed by atoms with van der Waals surface area (Å²) in [6, 6.07) is 10.8. The van der Waals surface area contributed by atoms with E-state index in [0.717, 1.165) is 37.1 Å². The van der Waals surface area contributed by atoms with Crippen molar-refractivity contribution in [2.45, 2.75) is 0 Å². The third-order valence-electron chi connectivity index (χ3n) is 3.66. The highest BCUT2D eigenvalue weighted by Crippen LogP contribution is 2.17. The Hall–Kier alpha value is -2.25. The molecule has 4 heteroatoms. The highest BCUT2D eigenvalue weighted by atomic mass is 16.1. The van der Waals surface area contributed by atoms with Crippen LogP contribution in [0.3, 0.4) is 0 Å². The lowest BCUT2D eigenvalue weighted by molar-refractivity contribution is 0.105. The highest BCUT2D eigenvalue weighted by molar-refractivity contribution is 6.16. The van der Waals surface area contributed by atoms with Crippen LogP contribution in [0.2, 0.25) is 0 Å². The molecule has 3 rings (SSSR count). The first-order valence-corrected chi connectivity index (χ1v) is 6.79. The first-order chi connectivity index (χ1) is 9.74. The molecule has 0 aliphatic carbocycles. The number of aromatic amines is 1. The van der Waals surface area contributed by atoms with Gasteiger partial charge >= 0.3 is 0 Å². The van der Waals surface area contributed by atoms with E-state index in [-0.39, 0.29) is 5.78 Å². The van der Waals surface area contributed by atoms with E-state index < -0.39 is 0 Å². The average molecular weight is 267 g/mol. The summed E-state index contributed by atoms with van der Waals surface area (Å²) in [5.74, 6) is 2.64. The zero-order valence-electron chi connectivity index (χ0n) is 11.5. The molecule has 1 aromatic heterocycles. The third kappa shape index (κ3) is 2.54. The Balaban J connectivity index is 1.77. The molecule has 102 valence electrons. The molecule has 4 nitrogen and oxygen atoms in total. The smallest absolute Gasteiger partial charge is 0.239 e. The van der Waals surface area contributed by atoms with E-state index in [4.69, 9.17) is 0 Å². The molecule has 2 aromatic rings. The number of rotatable bonds is 1. The number of ketones is 1. The van der Waals surface area contributed by atoms with E-state index in [9.17, 15) is 4.79 Å². The molecular weight excluding hydrogens is 250 g/mol. The van der Waals surface area contributed by atoms with Gasteiger partial charge in [-0.05, 0) is 13.1 Å². The Kier molecular flexibility index (Phi) is 3.44. The highest BCUT2D eigenvalue weighted by Gasteiger charge is 2.12. The second kappa shape index (κ2) is 5.40. The monoisotopic (exact) mass is 267 g/mol. The van der Waals surface area contributed by atoms with Gasteiger partial charge in [-0.2, -0.15) is 0 Å². The van der Waals surface area contributed by atoms with Gasteiger partial charge in [0.05, 0.1) is 5.56 Å². The molecule has 0 radical (unpaired) electrons. The molecule has 0 saturated carbocycles. The Morgan fingerprint density at radius 3 is 2.75 bits per heavy atom. The quantitative estimate of drug-likeness (QED) is 0.629. The predicted molar refractivity (Wildman–Crippen MR) is 79.5 cm³/mol. The molecule has 0 spiro atoms. The number of carbonyl (C=O) groups is 1. The van der Waals surface area contributed by atoms with Crippen LogP contribution in [0.1, 0.15) is 10.4 Å². The van der Waals surface area contributed by atoms with E-state index in [2.05, 4.69) is 28.9 Å². The summed E-state index contributed by atoms with van der Waals surface area (Å²) in [5.41, 5.74) is 1.62. The first-order valence-electron chi connectivity index (χ1n) is 6.79. The van der Waals surface area contributed by atoms with Gasteiger partial charge in [-0.1, -0.05) is 18.2 Å². The second-order valence-corrected chi connectivity index (χ2v) is 5.10. The van der Waals surface area contributed by atoms with Crippen LogP contribution in [0.15, 0.2) is 30.5 Å². The summed E-state index contributed by atoms with van der Waals surface area (Å²) in [7, 11) is 2.10. The molecule has 1 aromatic carbocycles. The molecule has 20 heavy (non-hydrogen) atoms. The van der Waals surface area contributed by atoms with Crippen LogP contribution in [-0.2, 0) is 0 Å². The molecule has 0 atom stereocenters. The topological polar surface area (TPSA) is 39.3 Å². The third-order valence-corrected chi connectivity index (χ3v) is 3.66. The van der Waals surface area contributed by atoms with Crippen molar-refractivity contribution in [2.75, 3.05) is 33.2 Å². The molecule has 2 heterocycles. The fourth-order valence-corrected chi connectivity index (χ4v) is 2.37. The van der Waals surface area contributed by atoms with Gasteiger partial charge in [-0.25, -0.2) is 0 Å². The molecule has 1 aliphatic heterocycles. The number of H-pyrrole nitrogens is 1. The summed E-state index contributed by atoms with van der Waals surface area (Å²) >= 11 is 0. The molecule has 0 bridgehead atoms. The number of carbonyl (C=O) groups excluding carboxylic acids is 1. The maximum absolute atomic E-state index is 12.2. The predicted octanol–water partition coefficient (Wildman–Crippen LogP) is 1.56. The minimum absolute atomic E-state index is 0.124. The lowest BCUT2D eigenvalue weighted by atomic mass is 10.1. The minimum Gasteiger partial charge on any atom is -0.360 e. The molecule has 0 amide bonds. The lowest BCUT2D eigenvalue weighted by Gasteiger charge is -2.29. The van der Waals surface area contributed by atoms with Crippen molar-refractivity contribution >= 4 is 16.7 Å². The van der Waals surface area contributed by atoms with Gasteiger partial charge in [0.2, 0.25) is 5.78 Å². The second-order valence-electron chi connectivity index (χ2n) is 5.10. The fraction of sp³-hybridized carbons (Fsp3) is 0.312. The van der Waals surface area contributed by atoms with Gasteiger partial charge in [0.15, 0.2) is 0 Å². The van der Waals surface area contributed by atoms with Crippen molar-refractivity contribution < 1.29 is 4.79 Å². The van der Waals surface area contributed by atoms with E-state index in [1.165, 1.54) is 0 Å². The van der Waals surface area contributed by atoms with Gasteiger partial charge in [-0.3, -0.25) is 4.79 Å². The van der Waals surface area contributed by atoms with Gasteiger partial charge in [0, 0.05) is 55.2 Å². The van der Waals surface area contributed by atoms with Crippen LogP contribution in [0, 0.1) is 12.0 Å². The molecule has 1 saturated heterocycles. The van der Waals surface area contributed by atoms with Gasteiger partial charge in [0.1, 0.15) is 0 Å². The molecule has 1 N–H and O–H groups in total. The van der Waals surface area contributed by atoms with Crippen LogP contribution in [0.25, 0.3) is 10.9 Å². The average Bonchev–Trinajstić information content (AvgIpc) is 2.90. The molecule has 0 unspecified atom stereocenters. The van der Waals surface area contributed by atoms with Crippen molar-refractivity contribution in [3.8, 4) is 12.0 Å². The summed E-state index contributed by atoms with van der Waals surface area (Å²) in [6.45, 7) is 3.78. The number of hydrogen-bond donors (Lipinski definition) is 1. The number of Topliss-reactive ketones (excluding diaryl/α,β-unsaturated/α-hetero) is 1. The lowest BCUT2D eigenvalue weighted by Crippen LogP contribution is -2.42. The number of benzene rings is 1. The van der Waals surface area contributed by atoms with E-state index in [0.29, 0.717) is 5.56 Å². The van der Waals surface area contributed by atoms with Crippen LogP contribution >= 0.6 is 0 Å². The Morgan fingerprint density at radius 1 is 1.20 bits per heavy atom. The van der Waals surface area contributed by atoms with Crippen molar-refractivity contribution in [3.63, 3.8) is 0 Å². The maximum Gasteiger partial charge on any atom is 0.239 e. The Labute approximate surface area is 118 Å². The SMILES string of the molecule is CN1CCN(C#CC(=O)c2c[nH]c3ccccc23)CC1. The standard InChI is InChI=1S/C16H17N3O/c1-18-8-10-19(11-9-18)7-6-16(20)14-12-17-15-5-3-2-4-13(14)15/h2-5,12,17H,8-11H2,1H3. The summed E-state index contributed by atoms with van der Waals surface area (Å²) < 4.78 is 0. The summed E-state index contributed by atoms with van der Waals surface area (Å²) in [5, 5.41) is 0.935. The normalized spacial score (nSPS) is 15.9. The molecular formula is C16H17N3O. The van der Waals surface area contributed by atoms with Crippen LogP contribution in [0.5, 0.6) is 0 Å². The van der Waals surface area contributed by atoms with Gasteiger partial charge in [-0.15, -0.1) is 0 Å². The number of piperazine rings is 1. The zero-order valence-corrected chi connectivity index (χ0v) is 11.5. The van der Waals surface area contributed by atoms with Crippen molar-refractivity contribution in [1.29, 1.82) is 0 Å². The van der Waals surface area contributed by atoms with E-state index in [1.807, 2.05) is 29.2 Å². The summed E-state index contributed by atoms with van der Waals surface area (Å²) in [6.07, 6.45) is 1.74. The minimum atomic E-state index is -0.124. The largest absolute Gasteiger partial charge is 0.360 e. The molecule has 1 aliphatic rings. The molecule has 1 fully saturated rings. The maximum atomic E-state index is 12.2. The zero-order chi connectivity index (χ0) is 13.9. The van der Waals surface area contributed by atoms with Crippen molar-refractivity contribution in [2.24, 2.45) is 0 Å². The number of hydrogen-bond acceptors (Lipinski definition) is 3. The van der Waals surface area contributed by atoms with Crippen molar-refractivity contribution in [3.05, 3.63) is 36.0 Å². The Morgan fingerprint density at radius 2 is 1.95 bits per heavy atom. The number of likely N-dealkylation sites (N-methyl/N-ethyl adjacent to an activating group) is 1. The summed E-state index contributed by atoms with van der Waals surface area (Å²) in [4.78, 5) is 19.6. The van der Waals surface area contributed by atoms with Crippen LogP contribution < -0.4 is 0 Å². The van der Waals surface area contributed by atoms with E-state index in [1.54, 1.807) is 6.20 Å². The fourth-order valence-electron chi connectivity index (χ4n) is 2.37. The van der Waals surface area contributed by atoms with Crippen LogP contribution in [-0.4, -0.2) is 53.8 Å². The van der Waals surface area contributed by atoms with E-state index >= 15 is 0 Å². The number of aromatic nitrogens is 1. The Bertz CT molecular complexity index is 684. The first kappa shape index (κ1) is 12.8. The van der Waals surface area contributed by atoms with Gasteiger partial charge < -0.3 is 14.8 Å². The number of fused-ring (bicyclic) bond motifs is 1. The van der Waals surface area contributed by atoms with Crippen LogP contribution in [0.4, 0.5) is 0 Å². The number of nitrogens with one attached hydrogen (secondary N) is 1.